The first-order chi connectivity index (χ1) is 9.37. The van der Waals surface area contributed by atoms with Crippen molar-refractivity contribution in [1.82, 2.24) is 9.97 Å². The van der Waals surface area contributed by atoms with Crippen LogP contribution in [0, 0.1) is 0 Å². The van der Waals surface area contributed by atoms with Crippen LogP contribution in [0.2, 0.25) is 0 Å². The molecule has 1 fully saturated rings. The number of alkyl halides is 3. The van der Waals surface area contributed by atoms with Crippen LogP contribution in [0.4, 0.5) is 13.2 Å². The van der Waals surface area contributed by atoms with Crippen molar-refractivity contribution in [2.45, 2.75) is 24.4 Å². The van der Waals surface area contributed by atoms with Crippen LogP contribution in [-0.2, 0) is 21.1 Å². The monoisotopic (exact) mass is 284 g/mol. The van der Waals surface area contributed by atoms with E-state index in [1.54, 1.807) is 0 Å². The molecule has 0 saturated heterocycles. The van der Waals surface area contributed by atoms with Crippen molar-refractivity contribution in [3.8, 4) is 0 Å². The van der Waals surface area contributed by atoms with Crippen LogP contribution >= 0.6 is 0 Å². The third kappa shape index (κ3) is 1.85. The van der Waals surface area contributed by atoms with Gasteiger partial charge >= 0.3 is 12.1 Å². The zero-order chi connectivity index (χ0) is 14.5. The molecule has 1 aliphatic carbocycles. The van der Waals surface area contributed by atoms with Gasteiger partial charge in [-0.15, -0.1) is 0 Å². The second-order valence-electron chi connectivity index (χ2n) is 4.89. The van der Waals surface area contributed by atoms with Gasteiger partial charge < -0.3 is 9.72 Å². The summed E-state index contributed by atoms with van der Waals surface area (Å²) in [5.74, 6) is -0.0359. The predicted octanol–water partition coefficient (Wildman–Crippen LogP) is 2.79. The van der Waals surface area contributed by atoms with Crippen molar-refractivity contribution < 1.29 is 22.7 Å². The van der Waals surface area contributed by atoms with Crippen molar-refractivity contribution >= 4 is 17.0 Å². The van der Waals surface area contributed by atoms with E-state index >= 15 is 0 Å². The largest absolute Gasteiger partial charge is 0.468 e. The van der Waals surface area contributed by atoms with E-state index in [-0.39, 0.29) is 5.52 Å². The summed E-state index contributed by atoms with van der Waals surface area (Å²) in [7, 11) is 1.28. The number of imidazole rings is 1. The standard InChI is InChI=1S/C13H11F3N2O2/c1-20-11(19)12(4-5-12)10-17-8-3-2-7(13(14,15)16)6-9(8)18-10/h2-3,6H,4-5H2,1H3,(H,17,18). The summed E-state index contributed by atoms with van der Waals surface area (Å²) in [6.45, 7) is 0. The molecule has 1 aromatic heterocycles. The Morgan fingerprint density at radius 3 is 2.65 bits per heavy atom. The SMILES string of the molecule is COC(=O)C1(c2nc3ccc(C(F)(F)F)cc3[nH]2)CC1. The lowest BCUT2D eigenvalue weighted by Gasteiger charge is -2.08. The number of ether oxygens (including phenoxy) is 1. The van der Waals surface area contributed by atoms with Gasteiger partial charge in [-0.1, -0.05) is 0 Å². The Morgan fingerprint density at radius 1 is 1.40 bits per heavy atom. The Labute approximate surface area is 111 Å². The minimum atomic E-state index is -4.40. The smallest absolute Gasteiger partial charge is 0.416 e. The molecular formula is C13H11F3N2O2. The number of nitrogens with one attached hydrogen (secondary N) is 1. The Bertz CT molecular complexity index is 686. The van der Waals surface area contributed by atoms with Gasteiger partial charge in [0.05, 0.1) is 23.7 Å². The van der Waals surface area contributed by atoms with Crippen molar-refractivity contribution in [2.24, 2.45) is 0 Å². The fourth-order valence-electron chi connectivity index (χ4n) is 2.27. The molecule has 0 bridgehead atoms. The van der Waals surface area contributed by atoms with Crippen molar-refractivity contribution in [1.29, 1.82) is 0 Å². The van der Waals surface area contributed by atoms with Gasteiger partial charge in [-0.25, -0.2) is 4.98 Å². The average Bonchev–Trinajstić information content (AvgIpc) is 3.09. The van der Waals surface area contributed by atoms with Gasteiger partial charge in [0.1, 0.15) is 11.2 Å². The van der Waals surface area contributed by atoms with E-state index in [9.17, 15) is 18.0 Å². The third-order valence-corrected chi connectivity index (χ3v) is 3.59. The highest BCUT2D eigenvalue weighted by Gasteiger charge is 2.55. The average molecular weight is 284 g/mol. The number of aromatic amines is 1. The number of esters is 1. The highest BCUT2D eigenvalue weighted by atomic mass is 19.4. The second-order valence-corrected chi connectivity index (χ2v) is 4.89. The van der Waals surface area contributed by atoms with Gasteiger partial charge in [0.25, 0.3) is 0 Å². The highest BCUT2D eigenvalue weighted by Crippen LogP contribution is 2.48. The quantitative estimate of drug-likeness (QED) is 0.863. The van der Waals surface area contributed by atoms with Crippen LogP contribution in [0.25, 0.3) is 11.0 Å². The number of methoxy groups -OCH3 is 1. The molecule has 3 rings (SSSR count). The van der Waals surface area contributed by atoms with Crippen molar-refractivity contribution in [3.05, 3.63) is 29.6 Å². The maximum Gasteiger partial charge on any atom is 0.416 e. The molecule has 0 aliphatic heterocycles. The molecule has 0 amide bonds. The fraction of sp³-hybridized carbons (Fsp3) is 0.385. The molecule has 1 aromatic carbocycles. The van der Waals surface area contributed by atoms with Gasteiger partial charge in [-0.05, 0) is 31.0 Å². The highest BCUT2D eigenvalue weighted by molar-refractivity contribution is 5.87. The van der Waals surface area contributed by atoms with Gasteiger partial charge in [0.15, 0.2) is 0 Å². The zero-order valence-corrected chi connectivity index (χ0v) is 10.5. The lowest BCUT2D eigenvalue weighted by Crippen LogP contribution is -2.23. The molecule has 1 saturated carbocycles. The van der Waals surface area contributed by atoms with Gasteiger partial charge in [0.2, 0.25) is 0 Å². The number of benzene rings is 1. The second kappa shape index (κ2) is 3.97. The van der Waals surface area contributed by atoms with Gasteiger partial charge in [0, 0.05) is 0 Å². The molecule has 0 atom stereocenters. The van der Waals surface area contributed by atoms with Crippen LogP contribution < -0.4 is 0 Å². The number of hydrogen-bond acceptors (Lipinski definition) is 3. The van der Waals surface area contributed by atoms with Crippen LogP contribution in [0.1, 0.15) is 24.2 Å². The lowest BCUT2D eigenvalue weighted by atomic mass is 10.1. The number of H-pyrrole nitrogens is 1. The molecule has 20 heavy (non-hydrogen) atoms. The van der Waals surface area contributed by atoms with E-state index in [1.165, 1.54) is 13.2 Å². The maximum absolute atomic E-state index is 12.6. The minimum absolute atomic E-state index is 0.269. The maximum atomic E-state index is 12.6. The fourth-order valence-corrected chi connectivity index (χ4v) is 2.27. The number of aromatic nitrogens is 2. The van der Waals surface area contributed by atoms with Crippen molar-refractivity contribution in [3.63, 3.8) is 0 Å². The number of nitrogens with zero attached hydrogens (tertiary/aromatic N) is 1. The number of hydrogen-bond donors (Lipinski definition) is 1. The molecule has 0 unspecified atom stereocenters. The van der Waals surface area contributed by atoms with Crippen molar-refractivity contribution in [2.75, 3.05) is 7.11 Å². The number of fused-ring (bicyclic) bond motifs is 1. The van der Waals surface area contributed by atoms with Crippen LogP contribution in [0.5, 0.6) is 0 Å². The Morgan fingerprint density at radius 2 is 2.10 bits per heavy atom. The molecule has 7 heteroatoms. The summed E-state index contributed by atoms with van der Waals surface area (Å²) in [6.07, 6.45) is -3.23. The van der Waals surface area contributed by atoms with E-state index in [0.717, 1.165) is 12.1 Å². The summed E-state index contributed by atoms with van der Waals surface area (Å²) in [6, 6.07) is 3.27. The van der Waals surface area contributed by atoms with Gasteiger partial charge in [-0.2, -0.15) is 13.2 Å². The molecule has 1 heterocycles. The first-order valence-electron chi connectivity index (χ1n) is 6.03. The predicted molar refractivity (Wildman–Crippen MR) is 64.0 cm³/mol. The molecule has 106 valence electrons. The molecule has 1 N–H and O–H groups in total. The first-order valence-corrected chi connectivity index (χ1v) is 6.03. The summed E-state index contributed by atoms with van der Waals surface area (Å²) < 4.78 is 42.7. The Hall–Kier alpha value is -2.05. The number of carbonyl (C=O) groups is 1. The van der Waals surface area contributed by atoms with E-state index in [0.29, 0.717) is 24.2 Å². The van der Waals surface area contributed by atoms with E-state index in [4.69, 9.17) is 4.74 Å². The normalized spacial score (nSPS) is 17.2. The minimum Gasteiger partial charge on any atom is -0.468 e. The molecule has 2 aromatic rings. The lowest BCUT2D eigenvalue weighted by molar-refractivity contribution is -0.144. The van der Waals surface area contributed by atoms with E-state index in [2.05, 4.69) is 9.97 Å². The van der Waals surface area contributed by atoms with Gasteiger partial charge in [-0.3, -0.25) is 4.79 Å². The third-order valence-electron chi connectivity index (χ3n) is 3.59. The number of halogens is 3. The topological polar surface area (TPSA) is 55.0 Å². The number of rotatable bonds is 2. The zero-order valence-electron chi connectivity index (χ0n) is 10.5. The summed E-state index contributed by atoms with van der Waals surface area (Å²) >= 11 is 0. The molecule has 0 radical (unpaired) electrons. The Kier molecular flexibility index (Phi) is 2.57. The number of carbonyl (C=O) groups excluding carboxylic acids is 1. The Balaban J connectivity index is 2.06. The first kappa shape index (κ1) is 13.0. The summed E-state index contributed by atoms with van der Waals surface area (Å²) in [5.41, 5.74) is -0.886. The van der Waals surface area contributed by atoms with Crippen LogP contribution in [-0.4, -0.2) is 23.0 Å². The molecular weight excluding hydrogens is 273 g/mol. The molecule has 1 aliphatic rings. The van der Waals surface area contributed by atoms with E-state index in [1.807, 2.05) is 0 Å². The summed E-state index contributed by atoms with van der Waals surface area (Å²) in [5, 5.41) is 0. The van der Waals surface area contributed by atoms with Crippen LogP contribution in [0.3, 0.4) is 0 Å². The molecule has 4 nitrogen and oxygen atoms in total. The van der Waals surface area contributed by atoms with E-state index < -0.39 is 23.1 Å². The molecule has 0 spiro atoms. The van der Waals surface area contributed by atoms with Crippen LogP contribution in [0.15, 0.2) is 18.2 Å². The summed E-state index contributed by atoms with van der Waals surface area (Å²) in [4.78, 5) is 18.8.